The van der Waals surface area contributed by atoms with Crippen molar-refractivity contribution in [1.82, 2.24) is 39.3 Å². The van der Waals surface area contributed by atoms with Crippen molar-refractivity contribution >= 4 is 58.7 Å². The van der Waals surface area contributed by atoms with E-state index in [2.05, 4.69) is 41.4 Å². The number of amidine groups is 2. The third-order valence-corrected chi connectivity index (χ3v) is 10.2. The minimum absolute atomic E-state index is 0.135. The van der Waals surface area contributed by atoms with Gasteiger partial charge in [0.2, 0.25) is 0 Å². The fourth-order valence-corrected chi connectivity index (χ4v) is 6.58. The average molecular weight is 901 g/mol. The second-order valence-electron chi connectivity index (χ2n) is 16.0. The summed E-state index contributed by atoms with van der Waals surface area (Å²) in [7, 11) is 7.15. The van der Waals surface area contributed by atoms with Crippen molar-refractivity contribution in [3.05, 3.63) is 171 Å². The van der Waals surface area contributed by atoms with E-state index < -0.39 is 17.8 Å². The first-order valence-electron chi connectivity index (χ1n) is 21.0. The normalized spacial score (nSPS) is 10.5. The number of amides is 4. The van der Waals surface area contributed by atoms with Crippen molar-refractivity contribution in [3.8, 4) is 5.69 Å². The summed E-state index contributed by atoms with van der Waals surface area (Å²) in [4.78, 5) is 63.7. The van der Waals surface area contributed by atoms with E-state index in [1.807, 2.05) is 56.3 Å². The topological polar surface area (TPSA) is 232 Å². The first-order chi connectivity index (χ1) is 31.9. The fourth-order valence-electron chi connectivity index (χ4n) is 6.58. The van der Waals surface area contributed by atoms with Gasteiger partial charge in [-0.1, -0.05) is 48.5 Å². The average Bonchev–Trinajstić information content (AvgIpc) is 3.85. The molecule has 0 saturated heterocycles. The first-order valence-corrected chi connectivity index (χ1v) is 21.0. The number of nitrogens with zero attached hydrogens (tertiary/aromatic N) is 8. The second kappa shape index (κ2) is 20.8. The zero-order chi connectivity index (χ0) is 48.5. The molecule has 18 nitrogen and oxygen atoms in total. The SMILES string of the molecule is Cc1ccc(NC(=O)c2c(NC(=O)c3ccc(C(=N)N(C)C)cc3)nn(-c3ccccc3)c2C)nc1.Cc1ccc(NC(=O)n2nc(C)cc2NC(=O)c2ccc(C(=N)N(C)C)cc2C)nc1. The fraction of sp³-hybridized carbons (Fsp3) is 0.184. The molecule has 0 spiro atoms. The molecule has 7 rings (SSSR count). The highest BCUT2D eigenvalue weighted by atomic mass is 16.2. The molecule has 0 unspecified atom stereocenters. The van der Waals surface area contributed by atoms with Gasteiger partial charge in [0.05, 0.1) is 17.1 Å². The number of carbonyl (C=O) groups is 4. The Hall–Kier alpha value is -8.80. The highest BCUT2D eigenvalue weighted by molar-refractivity contribution is 6.12. The molecule has 342 valence electrons. The maximum absolute atomic E-state index is 13.3. The molecule has 67 heavy (non-hydrogen) atoms. The van der Waals surface area contributed by atoms with Crippen molar-refractivity contribution in [1.29, 1.82) is 10.8 Å². The van der Waals surface area contributed by atoms with E-state index in [1.54, 1.807) is 137 Å². The molecule has 18 heteroatoms. The number of nitrogens with one attached hydrogen (secondary N) is 6. The first kappa shape index (κ1) is 47.7. The van der Waals surface area contributed by atoms with Gasteiger partial charge in [0.25, 0.3) is 17.7 Å². The van der Waals surface area contributed by atoms with E-state index >= 15 is 0 Å². The van der Waals surface area contributed by atoms with Gasteiger partial charge >= 0.3 is 6.03 Å². The molecular formula is C49H52N14O4. The minimum Gasteiger partial charge on any atom is -0.363 e. The number of rotatable bonds is 10. The van der Waals surface area contributed by atoms with Gasteiger partial charge in [-0.05, 0) is 99.8 Å². The van der Waals surface area contributed by atoms with Gasteiger partial charge < -0.3 is 25.8 Å². The second-order valence-corrected chi connectivity index (χ2v) is 16.0. The number of aromatic nitrogens is 6. The molecule has 0 atom stereocenters. The van der Waals surface area contributed by atoms with E-state index in [4.69, 9.17) is 10.8 Å². The van der Waals surface area contributed by atoms with Crippen LogP contribution in [0.15, 0.2) is 116 Å². The molecule has 0 aliphatic rings. The zero-order valence-corrected chi connectivity index (χ0v) is 38.7. The molecule has 0 bridgehead atoms. The lowest BCUT2D eigenvalue weighted by molar-refractivity contribution is 0.101. The predicted molar refractivity (Wildman–Crippen MR) is 260 cm³/mol. The standard InChI is InChI=1S/C27H27N7O2.C22H25N7O2/c1-17-10-15-22(29-16-17)30-27(36)23-18(2)34(21-8-6-5-7-9-21)32-25(23)31-26(35)20-13-11-19(12-14-20)24(28)33(3)4;1-13-6-9-18(24-12-13)25-22(31)29-19(11-15(3)27-29)26-21(30)17-8-7-16(10-14(17)2)20(23)28(4)5/h5-16,28H,1-4H3,(H,29,30,36)(H,31,32,35);6-12,23H,1-5H3,(H,26,30)(H,24,25,31). The highest BCUT2D eigenvalue weighted by Crippen LogP contribution is 2.25. The molecule has 3 aromatic carbocycles. The van der Waals surface area contributed by atoms with Gasteiger partial charge in [-0.15, -0.1) is 5.10 Å². The van der Waals surface area contributed by atoms with Crippen LogP contribution in [-0.4, -0.2) is 103 Å². The summed E-state index contributed by atoms with van der Waals surface area (Å²) < 4.78 is 2.72. The lowest BCUT2D eigenvalue weighted by atomic mass is 10.0. The highest BCUT2D eigenvalue weighted by Gasteiger charge is 2.25. The van der Waals surface area contributed by atoms with Crippen LogP contribution in [0, 0.1) is 45.4 Å². The van der Waals surface area contributed by atoms with E-state index in [0.717, 1.165) is 27.1 Å². The van der Waals surface area contributed by atoms with Gasteiger partial charge in [0, 0.05) is 68.9 Å². The van der Waals surface area contributed by atoms with Crippen molar-refractivity contribution in [2.75, 3.05) is 49.5 Å². The number of hydrogen-bond acceptors (Lipinski definition) is 10. The Kier molecular flexibility index (Phi) is 14.8. The molecule has 7 aromatic rings. The van der Waals surface area contributed by atoms with Crippen LogP contribution in [0.1, 0.15) is 70.3 Å². The Morgan fingerprint density at radius 3 is 1.70 bits per heavy atom. The van der Waals surface area contributed by atoms with Gasteiger partial charge in [-0.3, -0.25) is 30.5 Å². The summed E-state index contributed by atoms with van der Waals surface area (Å²) in [5.74, 6) is 0.627. The summed E-state index contributed by atoms with van der Waals surface area (Å²) in [5, 5.41) is 35.9. The number of pyridine rings is 2. The Labute approximate surface area is 388 Å². The summed E-state index contributed by atoms with van der Waals surface area (Å²) in [5.41, 5.74) is 7.03. The Morgan fingerprint density at radius 1 is 0.567 bits per heavy atom. The van der Waals surface area contributed by atoms with E-state index in [1.165, 1.54) is 0 Å². The summed E-state index contributed by atoms with van der Waals surface area (Å²) >= 11 is 0. The van der Waals surface area contributed by atoms with Crippen LogP contribution in [0.2, 0.25) is 0 Å². The van der Waals surface area contributed by atoms with Crippen molar-refractivity contribution < 1.29 is 19.2 Å². The van der Waals surface area contributed by atoms with Gasteiger partial charge in [0.15, 0.2) is 5.82 Å². The van der Waals surface area contributed by atoms with E-state index in [-0.39, 0.29) is 23.1 Å². The minimum atomic E-state index is -0.536. The Bertz CT molecular complexity index is 2960. The smallest absolute Gasteiger partial charge is 0.349 e. The molecule has 4 aromatic heterocycles. The molecular weight excluding hydrogens is 849 g/mol. The van der Waals surface area contributed by atoms with Crippen LogP contribution in [0.3, 0.4) is 0 Å². The van der Waals surface area contributed by atoms with Gasteiger partial charge in [0.1, 0.15) is 34.7 Å². The Morgan fingerprint density at radius 2 is 1.13 bits per heavy atom. The zero-order valence-electron chi connectivity index (χ0n) is 38.7. The van der Waals surface area contributed by atoms with Gasteiger partial charge in [-0.25, -0.2) is 19.4 Å². The van der Waals surface area contributed by atoms with Gasteiger partial charge in [-0.2, -0.15) is 9.78 Å². The number of benzene rings is 3. The van der Waals surface area contributed by atoms with Crippen LogP contribution >= 0.6 is 0 Å². The third kappa shape index (κ3) is 11.7. The molecule has 0 fully saturated rings. The quantitative estimate of drug-likeness (QED) is 0.0578. The van der Waals surface area contributed by atoms with Crippen LogP contribution in [0.5, 0.6) is 0 Å². The van der Waals surface area contributed by atoms with Crippen LogP contribution in [0.4, 0.5) is 28.1 Å². The summed E-state index contributed by atoms with van der Waals surface area (Å²) in [6.07, 6.45) is 3.31. The largest absolute Gasteiger partial charge is 0.363 e. The maximum atomic E-state index is 13.3. The molecule has 0 saturated carbocycles. The summed E-state index contributed by atoms with van der Waals surface area (Å²) in [6, 6.07) is 29.4. The number of hydrogen-bond donors (Lipinski definition) is 6. The number of carbonyl (C=O) groups excluding carboxylic acids is 4. The lowest BCUT2D eigenvalue weighted by Gasteiger charge is -2.15. The van der Waals surface area contributed by atoms with E-state index in [0.29, 0.717) is 56.9 Å². The molecule has 4 heterocycles. The number of para-hydroxylation sites is 1. The number of anilines is 4. The third-order valence-electron chi connectivity index (χ3n) is 10.2. The monoisotopic (exact) mass is 900 g/mol. The van der Waals surface area contributed by atoms with E-state index in [9.17, 15) is 19.2 Å². The van der Waals surface area contributed by atoms with Crippen LogP contribution in [-0.2, 0) is 0 Å². The predicted octanol–water partition coefficient (Wildman–Crippen LogP) is 7.70. The Balaban J connectivity index is 0.000000224. The van der Waals surface area contributed by atoms with Crippen molar-refractivity contribution in [2.45, 2.75) is 34.6 Å². The molecule has 0 aliphatic carbocycles. The van der Waals surface area contributed by atoms with Crippen LogP contribution < -0.4 is 21.3 Å². The maximum Gasteiger partial charge on any atom is 0.349 e. The van der Waals surface area contributed by atoms with Crippen molar-refractivity contribution in [3.63, 3.8) is 0 Å². The molecule has 0 aliphatic heterocycles. The van der Waals surface area contributed by atoms with Crippen LogP contribution in [0.25, 0.3) is 5.69 Å². The number of aryl methyl sites for hydroxylation is 4. The molecule has 4 amide bonds. The summed E-state index contributed by atoms with van der Waals surface area (Å²) in [6.45, 7) is 9.13. The molecule has 6 N–H and O–H groups in total. The lowest BCUT2D eigenvalue weighted by Crippen LogP contribution is -2.25. The van der Waals surface area contributed by atoms with Crippen molar-refractivity contribution in [2.24, 2.45) is 0 Å². The molecule has 0 radical (unpaired) electrons.